The van der Waals surface area contributed by atoms with E-state index < -0.39 is 5.31 Å². The molecule has 0 aromatic heterocycles. The van der Waals surface area contributed by atoms with Gasteiger partial charge in [0.2, 0.25) is 0 Å². The van der Waals surface area contributed by atoms with E-state index in [9.17, 15) is 4.79 Å². The number of benzene rings is 4. The zero-order valence-corrected chi connectivity index (χ0v) is 22.9. The summed E-state index contributed by atoms with van der Waals surface area (Å²) in [5, 5.41) is 3.94. The van der Waals surface area contributed by atoms with Crippen LogP contribution in [0.15, 0.2) is 115 Å². The van der Waals surface area contributed by atoms with Crippen molar-refractivity contribution in [1.29, 1.82) is 0 Å². The number of halogens is 1. The minimum atomic E-state index is -2.99. The van der Waals surface area contributed by atoms with E-state index in [1.807, 2.05) is 12.1 Å². The Morgan fingerprint density at radius 2 is 1.14 bits per heavy atom. The molecule has 0 saturated carbocycles. The zero-order valence-electron chi connectivity index (χ0n) is 20.4. The topological polar surface area (TPSA) is 29.1 Å². The molecule has 0 fully saturated rings. The van der Waals surface area contributed by atoms with Crippen molar-refractivity contribution in [2.75, 3.05) is 11.5 Å². The molecule has 0 saturated heterocycles. The van der Waals surface area contributed by atoms with Crippen molar-refractivity contribution < 1.29 is 4.79 Å². The molecule has 0 aliphatic heterocycles. The van der Waals surface area contributed by atoms with Crippen LogP contribution in [-0.4, -0.2) is 12.1 Å². The Balaban J connectivity index is 1.63. The van der Waals surface area contributed by atoms with Gasteiger partial charge in [0.25, 0.3) is 0 Å². The van der Waals surface area contributed by atoms with E-state index in [1.165, 1.54) is 21.5 Å². The predicted molar refractivity (Wildman–Crippen MR) is 157 cm³/mol. The molecule has 0 spiro atoms. The Bertz CT molecular complexity index is 1140. The van der Waals surface area contributed by atoms with E-state index in [0.717, 1.165) is 18.3 Å². The van der Waals surface area contributed by atoms with Crippen molar-refractivity contribution in [3.63, 3.8) is 0 Å². The molecule has 4 aromatic rings. The van der Waals surface area contributed by atoms with Gasteiger partial charge in [0.1, 0.15) is 0 Å². The van der Waals surface area contributed by atoms with E-state index in [4.69, 9.17) is 0 Å². The van der Waals surface area contributed by atoms with Crippen LogP contribution in [0.3, 0.4) is 0 Å². The summed E-state index contributed by atoms with van der Waals surface area (Å²) in [5.74, 6) is 0.524. The SMILES string of the molecule is CC(C)c1ccc(NC(=O)CCCP(Br)(c2ccccc2)(c2ccccc2)c2ccccc2)cc1. The average molecular weight is 546 g/mol. The number of rotatable bonds is 9. The van der Waals surface area contributed by atoms with Gasteiger partial charge in [-0.15, -0.1) is 0 Å². The summed E-state index contributed by atoms with van der Waals surface area (Å²) in [6.45, 7) is 4.34. The van der Waals surface area contributed by atoms with Crippen LogP contribution in [0.4, 0.5) is 5.69 Å². The number of nitrogens with one attached hydrogen (secondary N) is 1. The fraction of sp³-hybridized carbons (Fsp3) is 0.194. The molecule has 0 heterocycles. The number of hydrogen-bond donors (Lipinski definition) is 1. The minimum absolute atomic E-state index is 0.0500. The molecule has 0 aliphatic rings. The summed E-state index contributed by atoms with van der Waals surface area (Å²) in [6.07, 6.45) is 2.07. The van der Waals surface area contributed by atoms with Gasteiger partial charge in [-0.3, -0.25) is 0 Å². The number of hydrogen-bond acceptors (Lipinski definition) is 1. The van der Waals surface area contributed by atoms with Gasteiger partial charge in [0, 0.05) is 0 Å². The fourth-order valence-corrected chi connectivity index (χ4v) is 12.4. The molecule has 35 heavy (non-hydrogen) atoms. The molecule has 1 amide bonds. The summed E-state index contributed by atoms with van der Waals surface area (Å²) in [7, 11) is 0. The number of amides is 1. The molecule has 0 radical (unpaired) electrons. The van der Waals surface area contributed by atoms with Crippen LogP contribution in [0.2, 0.25) is 0 Å². The quantitative estimate of drug-likeness (QED) is 0.218. The summed E-state index contributed by atoms with van der Waals surface area (Å²) in [4.78, 5) is 12.9. The molecule has 4 aromatic carbocycles. The normalized spacial score (nSPS) is 12.6. The Hall–Kier alpha value is -2.74. The molecule has 1 N–H and O–H groups in total. The molecule has 180 valence electrons. The van der Waals surface area contributed by atoms with E-state index in [1.54, 1.807) is 0 Å². The van der Waals surface area contributed by atoms with Crippen LogP contribution >= 0.6 is 20.8 Å². The van der Waals surface area contributed by atoms with Gasteiger partial charge in [0.15, 0.2) is 0 Å². The second kappa shape index (κ2) is 10.9. The molecule has 0 bridgehead atoms. The van der Waals surface area contributed by atoms with Crippen LogP contribution in [0, 0.1) is 0 Å². The van der Waals surface area contributed by atoms with Gasteiger partial charge in [-0.25, -0.2) is 0 Å². The molecular formula is C31H33BrNOP. The van der Waals surface area contributed by atoms with Crippen molar-refractivity contribution >= 4 is 48.3 Å². The van der Waals surface area contributed by atoms with Crippen molar-refractivity contribution in [2.24, 2.45) is 0 Å². The average Bonchev–Trinajstić information content (AvgIpc) is 2.90. The van der Waals surface area contributed by atoms with Gasteiger partial charge in [-0.2, -0.15) is 0 Å². The van der Waals surface area contributed by atoms with Gasteiger partial charge in [0.05, 0.1) is 0 Å². The van der Waals surface area contributed by atoms with Gasteiger partial charge >= 0.3 is 218 Å². The van der Waals surface area contributed by atoms with E-state index >= 15 is 0 Å². The molecule has 0 aliphatic carbocycles. The molecule has 2 nitrogen and oxygen atoms in total. The maximum absolute atomic E-state index is 12.9. The molecular weight excluding hydrogens is 513 g/mol. The van der Waals surface area contributed by atoms with Crippen LogP contribution in [0.25, 0.3) is 0 Å². The molecule has 4 rings (SSSR count). The number of carbonyl (C=O) groups excluding carboxylic acids is 1. The molecule has 0 unspecified atom stereocenters. The summed E-state index contributed by atoms with van der Waals surface area (Å²) in [6, 6.07) is 40.4. The predicted octanol–water partition coefficient (Wildman–Crippen LogP) is 7.37. The molecule has 0 atom stereocenters. The Morgan fingerprint density at radius 3 is 1.54 bits per heavy atom. The summed E-state index contributed by atoms with van der Waals surface area (Å²) >= 11 is 4.45. The second-order valence-corrected chi connectivity index (χ2v) is 18.4. The Kier molecular flexibility index (Phi) is 7.89. The van der Waals surface area contributed by atoms with Gasteiger partial charge in [-0.1, -0.05) is 0 Å². The maximum atomic E-state index is 12.9. The van der Waals surface area contributed by atoms with E-state index in [-0.39, 0.29) is 5.91 Å². The summed E-state index contributed by atoms with van der Waals surface area (Å²) in [5.41, 5.74) is 2.12. The van der Waals surface area contributed by atoms with Crippen molar-refractivity contribution in [2.45, 2.75) is 32.6 Å². The van der Waals surface area contributed by atoms with Crippen molar-refractivity contribution in [3.05, 3.63) is 121 Å². The van der Waals surface area contributed by atoms with Crippen LogP contribution in [0.1, 0.15) is 38.2 Å². The first-order valence-corrected chi connectivity index (χ1v) is 16.7. The fourth-order valence-electron chi connectivity index (χ4n) is 4.76. The van der Waals surface area contributed by atoms with E-state index in [0.29, 0.717) is 12.3 Å². The first-order valence-electron chi connectivity index (χ1n) is 12.2. The Labute approximate surface area is 217 Å². The second-order valence-electron chi connectivity index (χ2n) is 9.34. The summed E-state index contributed by atoms with van der Waals surface area (Å²) < 4.78 is 0. The Morgan fingerprint density at radius 1 is 0.714 bits per heavy atom. The van der Waals surface area contributed by atoms with E-state index in [2.05, 4.69) is 138 Å². The van der Waals surface area contributed by atoms with Gasteiger partial charge in [-0.05, 0) is 0 Å². The third-order valence-electron chi connectivity index (χ3n) is 6.73. The third kappa shape index (κ3) is 5.27. The number of anilines is 1. The first kappa shape index (κ1) is 25.4. The van der Waals surface area contributed by atoms with Crippen LogP contribution in [-0.2, 0) is 4.79 Å². The van der Waals surface area contributed by atoms with Crippen LogP contribution in [0.5, 0.6) is 0 Å². The van der Waals surface area contributed by atoms with Crippen molar-refractivity contribution in [1.82, 2.24) is 0 Å². The van der Waals surface area contributed by atoms with Crippen molar-refractivity contribution in [3.8, 4) is 0 Å². The standard InChI is InChI=1S/C31H33BrNOP/c1-25(2)26-20-22-27(23-21-26)33-31(34)19-12-24-35(32,28-13-6-3-7-14-28,29-15-8-4-9-16-29)30-17-10-5-11-18-30/h3-11,13-18,20-23,25H,12,19,24H2,1-2H3,(H,33,34). The zero-order chi connectivity index (χ0) is 24.8. The molecule has 4 heteroatoms. The first-order chi connectivity index (χ1) is 16.9. The number of carbonyl (C=O) groups is 1. The van der Waals surface area contributed by atoms with Crippen LogP contribution < -0.4 is 21.2 Å². The monoisotopic (exact) mass is 545 g/mol. The van der Waals surface area contributed by atoms with Gasteiger partial charge < -0.3 is 0 Å². The third-order valence-corrected chi connectivity index (χ3v) is 16.8.